The molecule has 0 radical (unpaired) electrons. The fourth-order valence-corrected chi connectivity index (χ4v) is 4.10. The third-order valence-corrected chi connectivity index (χ3v) is 5.50. The molecule has 2 unspecified atom stereocenters. The second-order valence-electron chi connectivity index (χ2n) is 8.21. The SMILES string of the molecule is CC(O)(Cc1ccnc2ccccc12)CC(C)(c1ccccc1C(F)(F)F)C(F)(F)F. The Hall–Kier alpha value is -2.61. The van der Waals surface area contributed by atoms with Crippen molar-refractivity contribution in [3.8, 4) is 0 Å². The van der Waals surface area contributed by atoms with Crippen LogP contribution in [0.5, 0.6) is 0 Å². The number of halogens is 6. The highest BCUT2D eigenvalue weighted by molar-refractivity contribution is 5.81. The molecular formula is C23H21F6NO. The smallest absolute Gasteiger partial charge is 0.390 e. The number of aliphatic hydroxyl groups is 1. The van der Waals surface area contributed by atoms with Gasteiger partial charge in [0, 0.05) is 18.0 Å². The Labute approximate surface area is 175 Å². The summed E-state index contributed by atoms with van der Waals surface area (Å²) in [6, 6.07) is 12.2. The average Bonchev–Trinajstić information content (AvgIpc) is 2.66. The standard InChI is InChI=1S/C23H21F6NO/c1-20(31,13-15-11-12-30-19-10-6-3-7-16(15)19)14-21(2,23(27,28)29)17-8-4-5-9-18(17)22(24,25)26/h3-12,31H,13-14H2,1-2H3. The first-order chi connectivity index (χ1) is 14.2. The van der Waals surface area contributed by atoms with E-state index in [1.807, 2.05) is 0 Å². The van der Waals surface area contributed by atoms with Crippen LogP contribution in [0.2, 0.25) is 0 Å². The Morgan fingerprint density at radius 2 is 1.39 bits per heavy atom. The minimum Gasteiger partial charge on any atom is -0.390 e. The van der Waals surface area contributed by atoms with Gasteiger partial charge in [-0.15, -0.1) is 0 Å². The summed E-state index contributed by atoms with van der Waals surface area (Å²) in [5, 5.41) is 11.6. The summed E-state index contributed by atoms with van der Waals surface area (Å²) in [6.07, 6.45) is -9.65. The molecule has 0 saturated heterocycles. The Balaban J connectivity index is 2.05. The van der Waals surface area contributed by atoms with E-state index in [0.29, 0.717) is 29.5 Å². The van der Waals surface area contributed by atoms with Gasteiger partial charge in [0.15, 0.2) is 0 Å². The Morgan fingerprint density at radius 1 is 0.806 bits per heavy atom. The summed E-state index contributed by atoms with van der Waals surface area (Å²) in [4.78, 5) is 4.19. The Morgan fingerprint density at radius 3 is 2.00 bits per heavy atom. The van der Waals surface area contributed by atoms with Gasteiger partial charge >= 0.3 is 12.4 Å². The van der Waals surface area contributed by atoms with Crippen molar-refractivity contribution >= 4 is 10.9 Å². The van der Waals surface area contributed by atoms with Crippen LogP contribution < -0.4 is 0 Å². The van der Waals surface area contributed by atoms with E-state index in [9.17, 15) is 31.4 Å². The van der Waals surface area contributed by atoms with Crippen LogP contribution in [0.4, 0.5) is 26.3 Å². The molecular weight excluding hydrogens is 420 g/mol. The highest BCUT2D eigenvalue weighted by Crippen LogP contribution is 2.50. The number of hydrogen-bond acceptors (Lipinski definition) is 2. The lowest BCUT2D eigenvalue weighted by molar-refractivity contribution is -0.202. The van der Waals surface area contributed by atoms with Gasteiger partial charge in [0.1, 0.15) is 0 Å². The third kappa shape index (κ3) is 4.69. The molecule has 1 heterocycles. The average molecular weight is 441 g/mol. The number of rotatable bonds is 5. The molecule has 8 heteroatoms. The molecule has 0 aliphatic rings. The van der Waals surface area contributed by atoms with Crippen LogP contribution in [0.1, 0.15) is 37.0 Å². The van der Waals surface area contributed by atoms with Crippen molar-refractivity contribution < 1.29 is 31.4 Å². The van der Waals surface area contributed by atoms with E-state index in [-0.39, 0.29) is 6.42 Å². The lowest BCUT2D eigenvalue weighted by Gasteiger charge is -2.39. The monoisotopic (exact) mass is 441 g/mol. The van der Waals surface area contributed by atoms with Crippen LogP contribution in [0.25, 0.3) is 10.9 Å². The van der Waals surface area contributed by atoms with Crippen LogP contribution in [0.3, 0.4) is 0 Å². The van der Waals surface area contributed by atoms with Gasteiger partial charge in [-0.1, -0.05) is 36.4 Å². The second-order valence-corrected chi connectivity index (χ2v) is 8.21. The van der Waals surface area contributed by atoms with Gasteiger partial charge in [-0.3, -0.25) is 4.98 Å². The van der Waals surface area contributed by atoms with Gasteiger partial charge in [0.2, 0.25) is 0 Å². The number of nitrogens with zero attached hydrogens (tertiary/aromatic N) is 1. The molecule has 2 atom stereocenters. The topological polar surface area (TPSA) is 33.1 Å². The van der Waals surface area contributed by atoms with Crippen LogP contribution in [0.15, 0.2) is 60.8 Å². The zero-order valence-electron chi connectivity index (χ0n) is 16.8. The molecule has 0 spiro atoms. The van der Waals surface area contributed by atoms with E-state index in [0.717, 1.165) is 18.2 Å². The summed E-state index contributed by atoms with van der Waals surface area (Å²) in [7, 11) is 0. The molecule has 3 aromatic rings. The molecule has 3 rings (SSSR count). The summed E-state index contributed by atoms with van der Waals surface area (Å²) < 4.78 is 83.0. The van der Waals surface area contributed by atoms with Crippen LogP contribution in [-0.2, 0) is 18.0 Å². The van der Waals surface area contributed by atoms with E-state index in [2.05, 4.69) is 4.98 Å². The number of hydrogen-bond donors (Lipinski definition) is 1. The van der Waals surface area contributed by atoms with Gasteiger partial charge in [-0.25, -0.2) is 0 Å². The molecule has 166 valence electrons. The summed E-state index contributed by atoms with van der Waals surface area (Å²) in [5.74, 6) is 0. The lowest BCUT2D eigenvalue weighted by atomic mass is 9.70. The molecule has 2 nitrogen and oxygen atoms in total. The van der Waals surface area contributed by atoms with Crippen molar-refractivity contribution in [3.05, 3.63) is 77.5 Å². The predicted molar refractivity (Wildman–Crippen MR) is 106 cm³/mol. The molecule has 0 saturated carbocycles. The maximum atomic E-state index is 14.2. The maximum Gasteiger partial charge on any atom is 0.416 e. The molecule has 0 bridgehead atoms. The Kier molecular flexibility index (Phi) is 5.82. The van der Waals surface area contributed by atoms with Gasteiger partial charge in [0.05, 0.1) is 22.1 Å². The fraction of sp³-hybridized carbons (Fsp3) is 0.348. The number of pyridine rings is 1. The number of aromatic nitrogens is 1. The van der Waals surface area contributed by atoms with E-state index >= 15 is 0 Å². The summed E-state index contributed by atoms with van der Waals surface area (Å²) in [6.45, 7) is 1.92. The Bertz CT molecular complexity index is 1070. The van der Waals surface area contributed by atoms with Gasteiger partial charge < -0.3 is 5.11 Å². The van der Waals surface area contributed by atoms with Gasteiger partial charge in [0.25, 0.3) is 0 Å². The first-order valence-corrected chi connectivity index (χ1v) is 9.53. The van der Waals surface area contributed by atoms with Crippen molar-refractivity contribution in [3.63, 3.8) is 0 Å². The maximum absolute atomic E-state index is 14.2. The van der Waals surface area contributed by atoms with Crippen molar-refractivity contribution in [2.75, 3.05) is 0 Å². The van der Waals surface area contributed by atoms with E-state index in [4.69, 9.17) is 0 Å². The van der Waals surface area contributed by atoms with Crippen molar-refractivity contribution in [1.29, 1.82) is 0 Å². The highest BCUT2D eigenvalue weighted by Gasteiger charge is 2.57. The molecule has 1 aromatic heterocycles. The number of alkyl halides is 6. The fourth-order valence-electron chi connectivity index (χ4n) is 4.10. The second kappa shape index (κ2) is 7.82. The largest absolute Gasteiger partial charge is 0.416 e. The molecule has 0 fully saturated rings. The van der Waals surface area contributed by atoms with Crippen molar-refractivity contribution in [1.82, 2.24) is 4.98 Å². The third-order valence-electron chi connectivity index (χ3n) is 5.50. The predicted octanol–water partition coefficient (Wildman–Crippen LogP) is 6.46. The van der Waals surface area contributed by atoms with E-state index < -0.39 is 40.9 Å². The van der Waals surface area contributed by atoms with E-state index in [1.54, 1.807) is 30.3 Å². The normalized spacial score (nSPS) is 16.7. The van der Waals surface area contributed by atoms with Crippen molar-refractivity contribution in [2.45, 2.75) is 50.1 Å². The molecule has 0 amide bonds. The minimum absolute atomic E-state index is 0.185. The minimum atomic E-state index is -5.03. The van der Waals surface area contributed by atoms with Crippen LogP contribution >= 0.6 is 0 Å². The quantitative estimate of drug-likeness (QED) is 0.461. The van der Waals surface area contributed by atoms with Gasteiger partial charge in [-0.05, 0) is 49.6 Å². The van der Waals surface area contributed by atoms with Gasteiger partial charge in [-0.2, -0.15) is 26.3 Å². The number of para-hydroxylation sites is 1. The zero-order chi connectivity index (χ0) is 23.1. The summed E-state index contributed by atoms with van der Waals surface area (Å²) >= 11 is 0. The van der Waals surface area contributed by atoms with Crippen molar-refractivity contribution in [2.24, 2.45) is 0 Å². The number of benzene rings is 2. The van der Waals surface area contributed by atoms with Crippen LogP contribution in [0, 0.1) is 0 Å². The van der Waals surface area contributed by atoms with Crippen LogP contribution in [-0.4, -0.2) is 21.9 Å². The molecule has 0 aliphatic heterocycles. The molecule has 2 aromatic carbocycles. The van der Waals surface area contributed by atoms with E-state index in [1.165, 1.54) is 13.1 Å². The first kappa shape index (κ1) is 23.1. The molecule has 0 aliphatic carbocycles. The number of fused-ring (bicyclic) bond motifs is 1. The molecule has 31 heavy (non-hydrogen) atoms. The zero-order valence-corrected chi connectivity index (χ0v) is 16.8. The first-order valence-electron chi connectivity index (χ1n) is 9.53. The lowest BCUT2D eigenvalue weighted by Crippen LogP contribution is -2.47. The molecule has 1 N–H and O–H groups in total. The highest BCUT2D eigenvalue weighted by atomic mass is 19.4. The summed E-state index contributed by atoms with van der Waals surface area (Å²) in [5.41, 5.74) is -5.98.